The molecule has 0 fully saturated rings. The average Bonchev–Trinajstić information content (AvgIpc) is 2.88. The van der Waals surface area contributed by atoms with Crippen LogP contribution in [-0.2, 0) is 11.2 Å². The van der Waals surface area contributed by atoms with Crippen LogP contribution in [0, 0.1) is 0 Å². The maximum absolute atomic E-state index is 10.6. The van der Waals surface area contributed by atoms with Crippen molar-refractivity contribution in [2.45, 2.75) is 12.6 Å². The summed E-state index contributed by atoms with van der Waals surface area (Å²) in [4.78, 5) is 13.1. The van der Waals surface area contributed by atoms with Crippen LogP contribution in [0.3, 0.4) is 0 Å². The molecule has 9 heteroatoms. The van der Waals surface area contributed by atoms with E-state index in [0.29, 0.717) is 24.7 Å². The first kappa shape index (κ1) is 16.6. The molecular weight excluding hydrogens is 291 g/mol. The van der Waals surface area contributed by atoms with Crippen LogP contribution in [0.1, 0.15) is 5.89 Å². The highest BCUT2D eigenvalue weighted by Crippen LogP contribution is 2.14. The number of carboxylic acid groups (broad SMARTS) is 1. The highest BCUT2D eigenvalue weighted by molar-refractivity contribution is 5.73. The summed E-state index contributed by atoms with van der Waals surface area (Å²) in [6.07, 6.45) is -4.46. The number of alkyl halides is 3. The average molecular weight is 303 g/mol. The lowest BCUT2D eigenvalue weighted by Gasteiger charge is -1.93. The van der Waals surface area contributed by atoms with Gasteiger partial charge in [-0.05, 0) is 0 Å². The van der Waals surface area contributed by atoms with E-state index in [2.05, 4.69) is 10.1 Å². The number of carboxylic acids is 1. The number of halogens is 3. The quantitative estimate of drug-likeness (QED) is 0.897. The third-order valence-electron chi connectivity index (χ3n) is 2.10. The molecule has 0 atom stereocenters. The normalized spacial score (nSPS) is 10.7. The first-order valence-electron chi connectivity index (χ1n) is 5.72. The number of nitrogens with zero attached hydrogens (tertiary/aromatic N) is 2. The molecule has 2 rings (SSSR count). The molecule has 114 valence electrons. The van der Waals surface area contributed by atoms with Crippen molar-refractivity contribution < 1.29 is 27.6 Å². The summed E-state index contributed by atoms with van der Waals surface area (Å²) in [5, 5.41) is 11.0. The molecule has 0 radical (unpaired) electrons. The van der Waals surface area contributed by atoms with Gasteiger partial charge in [0.25, 0.3) is 0 Å². The van der Waals surface area contributed by atoms with Gasteiger partial charge in [0.1, 0.15) is 0 Å². The second-order valence-electron chi connectivity index (χ2n) is 3.72. The largest absolute Gasteiger partial charge is 0.490 e. The van der Waals surface area contributed by atoms with E-state index in [1.165, 1.54) is 0 Å². The minimum atomic E-state index is -5.08. The number of nitrogens with two attached hydrogens (primary N) is 1. The van der Waals surface area contributed by atoms with Crippen LogP contribution >= 0.6 is 0 Å². The Labute approximate surface area is 117 Å². The molecular formula is C12H12F3N3O3. The summed E-state index contributed by atoms with van der Waals surface area (Å²) < 4.78 is 36.8. The molecule has 0 spiro atoms. The van der Waals surface area contributed by atoms with E-state index in [4.69, 9.17) is 20.2 Å². The standard InChI is InChI=1S/C10H11N3O.C2HF3O2/c11-7-6-9-12-10(13-14-9)8-4-2-1-3-5-8;3-2(4,5)1(6)7/h1-5H,6-7,11H2;(H,6,7). The molecule has 6 nitrogen and oxygen atoms in total. The molecule has 2 aromatic rings. The second-order valence-corrected chi connectivity index (χ2v) is 3.72. The van der Waals surface area contributed by atoms with E-state index in [1.54, 1.807) is 0 Å². The van der Waals surface area contributed by atoms with Crippen molar-refractivity contribution in [3.05, 3.63) is 36.2 Å². The number of carbonyl (C=O) groups is 1. The van der Waals surface area contributed by atoms with Crippen LogP contribution in [0.4, 0.5) is 13.2 Å². The Bertz CT molecular complexity index is 570. The molecule has 3 N–H and O–H groups in total. The molecule has 0 saturated heterocycles. The number of rotatable bonds is 3. The van der Waals surface area contributed by atoms with Gasteiger partial charge < -0.3 is 15.4 Å². The summed E-state index contributed by atoms with van der Waals surface area (Å²) in [6, 6.07) is 9.71. The highest BCUT2D eigenvalue weighted by Gasteiger charge is 2.38. The van der Waals surface area contributed by atoms with Gasteiger partial charge in [0.2, 0.25) is 11.7 Å². The van der Waals surface area contributed by atoms with Crippen LogP contribution in [0.5, 0.6) is 0 Å². The van der Waals surface area contributed by atoms with Gasteiger partial charge >= 0.3 is 12.1 Å². The topological polar surface area (TPSA) is 102 Å². The fourth-order valence-corrected chi connectivity index (χ4v) is 1.18. The molecule has 21 heavy (non-hydrogen) atoms. The number of aromatic nitrogens is 2. The number of aliphatic carboxylic acids is 1. The molecule has 0 saturated carbocycles. The highest BCUT2D eigenvalue weighted by atomic mass is 19.4. The summed E-state index contributed by atoms with van der Waals surface area (Å²) in [7, 11) is 0. The van der Waals surface area contributed by atoms with Crippen LogP contribution in [0.2, 0.25) is 0 Å². The van der Waals surface area contributed by atoms with Crippen LogP contribution in [-0.4, -0.2) is 33.9 Å². The maximum atomic E-state index is 10.6. The Morgan fingerprint density at radius 2 is 1.86 bits per heavy atom. The summed E-state index contributed by atoms with van der Waals surface area (Å²) in [5.74, 6) is -1.55. The third kappa shape index (κ3) is 5.61. The zero-order valence-corrected chi connectivity index (χ0v) is 10.7. The molecule has 0 aliphatic carbocycles. The Balaban J connectivity index is 0.000000270. The summed E-state index contributed by atoms with van der Waals surface area (Å²) >= 11 is 0. The molecule has 0 unspecified atom stereocenters. The molecule has 0 aliphatic heterocycles. The lowest BCUT2D eigenvalue weighted by Crippen LogP contribution is -2.21. The van der Waals surface area contributed by atoms with Crippen LogP contribution in [0.15, 0.2) is 34.9 Å². The molecule has 0 aliphatic rings. The van der Waals surface area contributed by atoms with Gasteiger partial charge in [-0.15, -0.1) is 0 Å². The minimum absolute atomic E-state index is 0.524. The van der Waals surface area contributed by atoms with E-state index in [0.717, 1.165) is 5.56 Å². The van der Waals surface area contributed by atoms with E-state index >= 15 is 0 Å². The SMILES string of the molecule is NCCc1nc(-c2ccccc2)no1.O=C(O)C(F)(F)F. The second kappa shape index (κ2) is 7.39. The monoisotopic (exact) mass is 303 g/mol. The number of hydrogen-bond acceptors (Lipinski definition) is 5. The maximum Gasteiger partial charge on any atom is 0.490 e. The van der Waals surface area contributed by atoms with Crippen LogP contribution in [0.25, 0.3) is 11.4 Å². The summed E-state index contributed by atoms with van der Waals surface area (Å²) in [5.41, 5.74) is 6.34. The molecule has 1 heterocycles. The van der Waals surface area contributed by atoms with Gasteiger partial charge in [-0.25, -0.2) is 4.79 Å². The van der Waals surface area contributed by atoms with Crippen molar-refractivity contribution >= 4 is 5.97 Å². The molecule has 0 amide bonds. The van der Waals surface area contributed by atoms with Gasteiger partial charge in [-0.3, -0.25) is 0 Å². The van der Waals surface area contributed by atoms with E-state index in [-0.39, 0.29) is 0 Å². The van der Waals surface area contributed by atoms with Crippen molar-refractivity contribution in [1.82, 2.24) is 10.1 Å². The van der Waals surface area contributed by atoms with Gasteiger partial charge in [-0.2, -0.15) is 18.2 Å². The number of hydrogen-bond donors (Lipinski definition) is 2. The molecule has 1 aromatic heterocycles. The summed E-state index contributed by atoms with van der Waals surface area (Å²) in [6.45, 7) is 0.524. The first-order chi connectivity index (χ1) is 9.84. The Kier molecular flexibility index (Phi) is 5.85. The van der Waals surface area contributed by atoms with E-state index in [1.807, 2.05) is 30.3 Å². The fourth-order valence-electron chi connectivity index (χ4n) is 1.18. The van der Waals surface area contributed by atoms with Crippen molar-refractivity contribution in [2.75, 3.05) is 6.54 Å². The molecule has 0 bridgehead atoms. The fraction of sp³-hybridized carbons (Fsp3) is 0.250. The zero-order chi connectivity index (χ0) is 15.9. The van der Waals surface area contributed by atoms with E-state index < -0.39 is 12.1 Å². The smallest absolute Gasteiger partial charge is 0.475 e. The lowest BCUT2D eigenvalue weighted by atomic mass is 10.2. The Hall–Kier alpha value is -2.42. The van der Waals surface area contributed by atoms with Crippen molar-refractivity contribution in [2.24, 2.45) is 5.73 Å². The minimum Gasteiger partial charge on any atom is -0.475 e. The Morgan fingerprint density at radius 1 is 1.29 bits per heavy atom. The van der Waals surface area contributed by atoms with Gasteiger partial charge in [-0.1, -0.05) is 35.5 Å². The van der Waals surface area contributed by atoms with Gasteiger partial charge in [0, 0.05) is 18.5 Å². The molecule has 1 aromatic carbocycles. The van der Waals surface area contributed by atoms with Crippen molar-refractivity contribution in [1.29, 1.82) is 0 Å². The lowest BCUT2D eigenvalue weighted by molar-refractivity contribution is -0.192. The number of benzene rings is 1. The third-order valence-corrected chi connectivity index (χ3v) is 2.10. The predicted octanol–water partition coefficient (Wildman–Crippen LogP) is 1.87. The van der Waals surface area contributed by atoms with Crippen molar-refractivity contribution in [3.63, 3.8) is 0 Å². The van der Waals surface area contributed by atoms with E-state index in [9.17, 15) is 13.2 Å². The zero-order valence-electron chi connectivity index (χ0n) is 10.7. The van der Waals surface area contributed by atoms with Crippen molar-refractivity contribution in [3.8, 4) is 11.4 Å². The van der Waals surface area contributed by atoms with Gasteiger partial charge in [0.15, 0.2) is 0 Å². The van der Waals surface area contributed by atoms with Crippen LogP contribution < -0.4 is 5.73 Å². The Morgan fingerprint density at radius 3 is 2.33 bits per heavy atom. The first-order valence-corrected chi connectivity index (χ1v) is 5.72. The van der Waals surface area contributed by atoms with Gasteiger partial charge in [0.05, 0.1) is 0 Å². The predicted molar refractivity (Wildman–Crippen MR) is 66.2 cm³/mol.